The van der Waals surface area contributed by atoms with Crippen molar-refractivity contribution in [2.24, 2.45) is 11.7 Å². The number of nitrogens with two attached hydrogens (primary N) is 1. The van der Waals surface area contributed by atoms with E-state index in [1.807, 2.05) is 10.6 Å². The molecular formula is C20H25N5O2S2. The Morgan fingerprint density at radius 2 is 2.17 bits per heavy atom. The SMILES string of the molecule is C=CCn1c(SCC(=O)Nc2sc3c(c2C(N)=O)CCC(C)C3)nnc1C1CC1. The van der Waals surface area contributed by atoms with Crippen molar-refractivity contribution >= 4 is 39.9 Å². The van der Waals surface area contributed by atoms with E-state index in [9.17, 15) is 9.59 Å². The van der Waals surface area contributed by atoms with Gasteiger partial charge in [0.2, 0.25) is 5.91 Å². The van der Waals surface area contributed by atoms with Crippen LogP contribution in [0.25, 0.3) is 0 Å². The Labute approximate surface area is 178 Å². The third kappa shape index (κ3) is 4.25. The number of carbonyl (C=O) groups is 2. The molecule has 1 atom stereocenters. The molecule has 0 spiro atoms. The van der Waals surface area contributed by atoms with Crippen LogP contribution >= 0.6 is 23.1 Å². The van der Waals surface area contributed by atoms with E-state index < -0.39 is 5.91 Å². The summed E-state index contributed by atoms with van der Waals surface area (Å²) in [6.07, 6.45) is 6.89. The topological polar surface area (TPSA) is 103 Å². The lowest BCUT2D eigenvalue weighted by molar-refractivity contribution is -0.113. The number of hydrogen-bond acceptors (Lipinski definition) is 6. The highest BCUT2D eigenvalue weighted by Crippen LogP contribution is 2.41. The van der Waals surface area contributed by atoms with Crippen LogP contribution in [-0.4, -0.2) is 32.3 Å². The Kier molecular flexibility index (Phi) is 5.78. The molecule has 0 radical (unpaired) electrons. The van der Waals surface area contributed by atoms with Gasteiger partial charge in [-0.2, -0.15) is 0 Å². The maximum Gasteiger partial charge on any atom is 0.251 e. The average Bonchev–Trinajstić information content (AvgIpc) is 3.34. The maximum absolute atomic E-state index is 12.6. The standard InChI is InChI=1S/C20H25N5O2S2/c1-3-8-25-18(12-5-6-12)23-24-20(25)28-10-15(26)22-19-16(17(21)27)13-7-4-11(2)9-14(13)29-19/h3,11-12H,1,4-10H2,2H3,(H2,21,27)(H,22,26). The van der Waals surface area contributed by atoms with Gasteiger partial charge in [0.1, 0.15) is 10.8 Å². The van der Waals surface area contributed by atoms with Gasteiger partial charge >= 0.3 is 0 Å². The number of allylic oxidation sites excluding steroid dienone is 1. The first-order chi connectivity index (χ1) is 14.0. The molecule has 0 aliphatic heterocycles. The number of primary amides is 1. The van der Waals surface area contributed by atoms with Crippen molar-refractivity contribution in [1.82, 2.24) is 14.8 Å². The van der Waals surface area contributed by atoms with Crippen LogP contribution in [0.3, 0.4) is 0 Å². The number of thiophene rings is 1. The third-order valence-corrected chi connectivity index (χ3v) is 7.48. The number of aromatic nitrogens is 3. The lowest BCUT2D eigenvalue weighted by atomic mass is 9.88. The van der Waals surface area contributed by atoms with Crippen molar-refractivity contribution in [3.63, 3.8) is 0 Å². The molecule has 1 unspecified atom stereocenters. The van der Waals surface area contributed by atoms with E-state index in [0.29, 0.717) is 28.9 Å². The van der Waals surface area contributed by atoms with Gasteiger partial charge in [0, 0.05) is 17.3 Å². The molecule has 2 aliphatic rings. The Morgan fingerprint density at radius 1 is 1.38 bits per heavy atom. The number of nitrogens with one attached hydrogen (secondary N) is 1. The summed E-state index contributed by atoms with van der Waals surface area (Å²) in [4.78, 5) is 25.8. The molecule has 0 saturated heterocycles. The predicted octanol–water partition coefficient (Wildman–Crippen LogP) is 3.36. The summed E-state index contributed by atoms with van der Waals surface area (Å²) < 4.78 is 2.03. The van der Waals surface area contributed by atoms with Gasteiger partial charge < -0.3 is 15.6 Å². The fourth-order valence-corrected chi connectivity index (χ4v) is 5.93. The minimum atomic E-state index is -0.472. The van der Waals surface area contributed by atoms with Crippen LogP contribution in [0.2, 0.25) is 0 Å². The molecular weight excluding hydrogens is 406 g/mol. The number of rotatable bonds is 8. The highest BCUT2D eigenvalue weighted by atomic mass is 32.2. The molecule has 9 heteroatoms. The summed E-state index contributed by atoms with van der Waals surface area (Å²) in [5, 5.41) is 12.8. The summed E-state index contributed by atoms with van der Waals surface area (Å²) in [5.74, 6) is 1.58. The Balaban J connectivity index is 1.46. The van der Waals surface area contributed by atoms with Gasteiger partial charge in [-0.3, -0.25) is 9.59 Å². The molecule has 0 bridgehead atoms. The van der Waals surface area contributed by atoms with E-state index >= 15 is 0 Å². The average molecular weight is 432 g/mol. The Hall–Kier alpha value is -2.13. The van der Waals surface area contributed by atoms with Crippen LogP contribution in [0.4, 0.5) is 5.00 Å². The second-order valence-corrected chi connectivity index (χ2v) is 9.82. The first-order valence-electron chi connectivity index (χ1n) is 9.88. The molecule has 29 heavy (non-hydrogen) atoms. The molecule has 2 aliphatic carbocycles. The fourth-order valence-electron chi connectivity index (χ4n) is 3.74. The van der Waals surface area contributed by atoms with Gasteiger partial charge in [-0.25, -0.2) is 0 Å². The quantitative estimate of drug-likeness (QED) is 0.493. The zero-order chi connectivity index (χ0) is 20.5. The minimum absolute atomic E-state index is 0.176. The molecule has 154 valence electrons. The molecule has 2 aromatic rings. The van der Waals surface area contributed by atoms with Gasteiger partial charge in [0.15, 0.2) is 5.16 Å². The summed E-state index contributed by atoms with van der Waals surface area (Å²) in [5.41, 5.74) is 7.13. The second kappa shape index (κ2) is 8.31. The summed E-state index contributed by atoms with van der Waals surface area (Å²) in [6, 6.07) is 0. The number of thioether (sulfide) groups is 1. The number of nitrogens with zero attached hydrogens (tertiary/aromatic N) is 3. The fraction of sp³-hybridized carbons (Fsp3) is 0.500. The lowest BCUT2D eigenvalue weighted by Gasteiger charge is -2.18. The Bertz CT molecular complexity index is 960. The van der Waals surface area contributed by atoms with E-state index in [1.54, 1.807) is 0 Å². The monoisotopic (exact) mass is 431 g/mol. The number of amides is 2. The van der Waals surface area contributed by atoms with Crippen LogP contribution < -0.4 is 11.1 Å². The predicted molar refractivity (Wildman–Crippen MR) is 116 cm³/mol. The highest BCUT2D eigenvalue weighted by molar-refractivity contribution is 7.99. The molecule has 1 fully saturated rings. The van der Waals surface area contributed by atoms with Crippen molar-refractivity contribution < 1.29 is 9.59 Å². The second-order valence-electron chi connectivity index (χ2n) is 7.77. The van der Waals surface area contributed by atoms with E-state index in [2.05, 4.69) is 29.0 Å². The first-order valence-corrected chi connectivity index (χ1v) is 11.7. The van der Waals surface area contributed by atoms with E-state index in [1.165, 1.54) is 28.0 Å². The lowest BCUT2D eigenvalue weighted by Crippen LogP contribution is -2.20. The van der Waals surface area contributed by atoms with Gasteiger partial charge in [0.05, 0.1) is 11.3 Å². The van der Waals surface area contributed by atoms with Crippen molar-refractivity contribution in [2.45, 2.75) is 56.6 Å². The van der Waals surface area contributed by atoms with Gasteiger partial charge in [0.25, 0.3) is 5.91 Å². The molecule has 7 nitrogen and oxygen atoms in total. The van der Waals surface area contributed by atoms with Crippen LogP contribution in [-0.2, 0) is 24.2 Å². The molecule has 2 heterocycles. The van der Waals surface area contributed by atoms with Gasteiger partial charge in [-0.05, 0) is 43.6 Å². The molecule has 2 amide bonds. The van der Waals surface area contributed by atoms with Crippen molar-refractivity contribution in [2.75, 3.05) is 11.1 Å². The minimum Gasteiger partial charge on any atom is -0.365 e. The molecule has 4 rings (SSSR count). The number of fused-ring (bicyclic) bond motifs is 1. The summed E-state index contributed by atoms with van der Waals surface area (Å²) in [6.45, 7) is 6.64. The molecule has 2 aromatic heterocycles. The van der Waals surface area contributed by atoms with Crippen molar-refractivity contribution in [1.29, 1.82) is 0 Å². The van der Waals surface area contributed by atoms with Gasteiger partial charge in [-0.1, -0.05) is 24.8 Å². The Morgan fingerprint density at radius 3 is 2.86 bits per heavy atom. The van der Waals surface area contributed by atoms with E-state index in [4.69, 9.17) is 5.73 Å². The normalized spacial score (nSPS) is 18.3. The first kappa shape index (κ1) is 20.2. The summed E-state index contributed by atoms with van der Waals surface area (Å²) >= 11 is 2.83. The zero-order valence-corrected chi connectivity index (χ0v) is 18.1. The molecule has 0 aromatic carbocycles. The van der Waals surface area contributed by atoms with Gasteiger partial charge in [-0.15, -0.1) is 28.1 Å². The van der Waals surface area contributed by atoms with Crippen LogP contribution in [0.1, 0.15) is 58.7 Å². The largest absolute Gasteiger partial charge is 0.365 e. The van der Waals surface area contributed by atoms with Crippen molar-refractivity contribution in [3.8, 4) is 0 Å². The number of carbonyl (C=O) groups excluding carboxylic acids is 2. The van der Waals surface area contributed by atoms with E-state index in [-0.39, 0.29) is 11.7 Å². The third-order valence-electron chi connectivity index (χ3n) is 5.34. The zero-order valence-electron chi connectivity index (χ0n) is 16.4. The van der Waals surface area contributed by atoms with Crippen LogP contribution in [0.5, 0.6) is 0 Å². The molecule has 3 N–H and O–H groups in total. The van der Waals surface area contributed by atoms with Crippen LogP contribution in [0, 0.1) is 5.92 Å². The number of anilines is 1. The summed E-state index contributed by atoms with van der Waals surface area (Å²) in [7, 11) is 0. The van der Waals surface area contributed by atoms with Crippen LogP contribution in [0.15, 0.2) is 17.8 Å². The smallest absolute Gasteiger partial charge is 0.251 e. The highest BCUT2D eigenvalue weighted by Gasteiger charge is 2.30. The number of hydrogen-bond donors (Lipinski definition) is 2. The van der Waals surface area contributed by atoms with Crippen molar-refractivity contribution in [3.05, 3.63) is 34.5 Å². The molecule has 1 saturated carbocycles. The maximum atomic E-state index is 12.6. The van der Waals surface area contributed by atoms with E-state index in [0.717, 1.165) is 48.6 Å².